The van der Waals surface area contributed by atoms with E-state index >= 15 is 0 Å². The van der Waals surface area contributed by atoms with Crippen LogP contribution in [0.3, 0.4) is 0 Å². The summed E-state index contributed by atoms with van der Waals surface area (Å²) in [4.78, 5) is 4.30. The summed E-state index contributed by atoms with van der Waals surface area (Å²) in [7, 11) is 0. The minimum absolute atomic E-state index is 0.292. The summed E-state index contributed by atoms with van der Waals surface area (Å²) in [6, 6.07) is 3.65. The molecule has 2 rings (SSSR count). The van der Waals surface area contributed by atoms with E-state index in [1.54, 1.807) is 26.1 Å². The normalized spacial score (nSPS) is 26.0. The number of rotatable bonds is 5. The molecule has 1 saturated carbocycles. The lowest BCUT2D eigenvalue weighted by Gasteiger charge is -2.36. The summed E-state index contributed by atoms with van der Waals surface area (Å²) >= 11 is 0. The second-order valence-electron chi connectivity index (χ2n) is 6.93. The first-order valence-electron chi connectivity index (χ1n) is 8.03. The van der Waals surface area contributed by atoms with Crippen LogP contribution >= 0.6 is 0 Å². The van der Waals surface area contributed by atoms with Crippen LogP contribution in [-0.2, 0) is 11.2 Å². The number of nitrogens with one attached hydrogen (secondary N) is 1. The lowest BCUT2D eigenvalue weighted by Crippen LogP contribution is -2.34. The maximum Gasteiger partial charge on any atom is 0.101 e. The summed E-state index contributed by atoms with van der Waals surface area (Å²) in [5.74, 6) is 0.292. The Bertz CT molecular complexity index is 509. The fraction of sp³-hybridized carbons (Fsp3) is 0.611. The van der Waals surface area contributed by atoms with Gasteiger partial charge in [-0.1, -0.05) is 13.0 Å². The molecule has 1 aliphatic rings. The molecule has 22 heavy (non-hydrogen) atoms. The van der Waals surface area contributed by atoms with Crippen molar-refractivity contribution in [1.82, 2.24) is 4.98 Å². The highest BCUT2D eigenvalue weighted by Gasteiger charge is 2.36. The fourth-order valence-electron chi connectivity index (χ4n) is 3.15. The SMILES string of the molecule is C[CH]CC(=N)C1CCC(O)(c2ccc(C(C)(C)O)nc2)CC1. The van der Waals surface area contributed by atoms with Crippen molar-refractivity contribution >= 4 is 5.71 Å². The van der Waals surface area contributed by atoms with Gasteiger partial charge >= 0.3 is 0 Å². The maximum absolute atomic E-state index is 10.9. The van der Waals surface area contributed by atoms with E-state index in [0.29, 0.717) is 24.5 Å². The molecule has 4 heteroatoms. The molecular formula is C18H27N2O2. The third-order valence-electron chi connectivity index (χ3n) is 4.66. The molecule has 0 bridgehead atoms. The monoisotopic (exact) mass is 303 g/mol. The van der Waals surface area contributed by atoms with Gasteiger partial charge in [0.2, 0.25) is 0 Å². The first-order valence-corrected chi connectivity index (χ1v) is 8.03. The summed E-state index contributed by atoms with van der Waals surface area (Å²) in [6.07, 6.45) is 7.44. The van der Waals surface area contributed by atoms with Crippen molar-refractivity contribution in [2.24, 2.45) is 5.92 Å². The Balaban J connectivity index is 2.05. The van der Waals surface area contributed by atoms with Gasteiger partial charge in [0.05, 0.1) is 11.3 Å². The quantitative estimate of drug-likeness (QED) is 0.730. The maximum atomic E-state index is 10.9. The van der Waals surface area contributed by atoms with Crippen LogP contribution in [0, 0.1) is 17.7 Å². The zero-order valence-electron chi connectivity index (χ0n) is 13.8. The molecule has 1 aromatic rings. The van der Waals surface area contributed by atoms with Crippen LogP contribution in [0.5, 0.6) is 0 Å². The van der Waals surface area contributed by atoms with E-state index in [1.807, 2.05) is 19.4 Å². The van der Waals surface area contributed by atoms with Crippen LogP contribution in [0.4, 0.5) is 0 Å². The molecule has 1 fully saturated rings. The molecule has 0 atom stereocenters. The topological polar surface area (TPSA) is 77.2 Å². The predicted molar refractivity (Wildman–Crippen MR) is 87.7 cm³/mol. The summed E-state index contributed by atoms with van der Waals surface area (Å²) in [5.41, 5.74) is 0.379. The van der Waals surface area contributed by atoms with Crippen LogP contribution in [0.25, 0.3) is 0 Å². The van der Waals surface area contributed by atoms with E-state index < -0.39 is 11.2 Å². The van der Waals surface area contributed by atoms with Crippen molar-refractivity contribution in [2.45, 2.75) is 64.1 Å². The van der Waals surface area contributed by atoms with Gasteiger partial charge in [0, 0.05) is 17.5 Å². The van der Waals surface area contributed by atoms with Gasteiger partial charge in [-0.05, 0) is 64.4 Å². The van der Waals surface area contributed by atoms with Gasteiger partial charge in [0.25, 0.3) is 0 Å². The van der Waals surface area contributed by atoms with Gasteiger partial charge in [-0.2, -0.15) is 0 Å². The first kappa shape index (κ1) is 17.1. The van der Waals surface area contributed by atoms with Gasteiger partial charge in [0.15, 0.2) is 0 Å². The number of hydrogen-bond acceptors (Lipinski definition) is 4. The summed E-state index contributed by atoms with van der Waals surface area (Å²) in [6.45, 7) is 5.38. The average Bonchev–Trinajstić information content (AvgIpc) is 2.47. The van der Waals surface area contributed by atoms with Crippen molar-refractivity contribution in [1.29, 1.82) is 5.41 Å². The zero-order chi connectivity index (χ0) is 16.4. The average molecular weight is 303 g/mol. The highest BCUT2D eigenvalue weighted by molar-refractivity contribution is 5.84. The molecule has 0 spiro atoms. The Hall–Kier alpha value is -1.26. The Morgan fingerprint density at radius 2 is 2.05 bits per heavy atom. The molecule has 1 heterocycles. The van der Waals surface area contributed by atoms with Gasteiger partial charge in [-0.3, -0.25) is 4.98 Å². The lowest BCUT2D eigenvalue weighted by molar-refractivity contribution is -0.00768. The third kappa shape index (κ3) is 3.73. The third-order valence-corrected chi connectivity index (χ3v) is 4.66. The van der Waals surface area contributed by atoms with E-state index in [1.165, 1.54) is 0 Å². The smallest absolute Gasteiger partial charge is 0.101 e. The minimum atomic E-state index is -0.968. The van der Waals surface area contributed by atoms with Crippen molar-refractivity contribution in [3.63, 3.8) is 0 Å². The zero-order valence-corrected chi connectivity index (χ0v) is 13.8. The standard InChI is InChI=1S/C18H27N2O2/c1-4-5-15(19)13-8-10-18(22,11-9-13)14-6-7-16(20-12-14)17(2,3)21/h4,6-7,12-13,19,21-22H,5,8-11H2,1-3H3. The number of aromatic nitrogens is 1. The molecule has 0 saturated heterocycles. The number of pyridine rings is 1. The second-order valence-corrected chi connectivity index (χ2v) is 6.93. The van der Waals surface area contributed by atoms with Crippen molar-refractivity contribution in [2.75, 3.05) is 0 Å². The van der Waals surface area contributed by atoms with Gasteiger partial charge < -0.3 is 15.6 Å². The molecule has 0 aromatic carbocycles. The van der Waals surface area contributed by atoms with Crippen molar-refractivity contribution < 1.29 is 10.2 Å². The van der Waals surface area contributed by atoms with Crippen LogP contribution in [0.2, 0.25) is 0 Å². The Morgan fingerprint density at radius 1 is 1.41 bits per heavy atom. The van der Waals surface area contributed by atoms with Gasteiger partial charge in [-0.25, -0.2) is 0 Å². The fourth-order valence-corrected chi connectivity index (χ4v) is 3.15. The summed E-state index contributed by atoms with van der Waals surface area (Å²) < 4.78 is 0. The minimum Gasteiger partial charge on any atom is -0.385 e. The molecule has 0 unspecified atom stereocenters. The molecule has 0 aliphatic heterocycles. The predicted octanol–water partition coefficient (Wildman–Crippen LogP) is 3.32. The van der Waals surface area contributed by atoms with E-state index in [2.05, 4.69) is 4.98 Å². The van der Waals surface area contributed by atoms with Crippen LogP contribution < -0.4 is 0 Å². The highest BCUT2D eigenvalue weighted by Crippen LogP contribution is 2.40. The van der Waals surface area contributed by atoms with Crippen LogP contribution in [0.1, 0.15) is 64.1 Å². The van der Waals surface area contributed by atoms with E-state index in [9.17, 15) is 10.2 Å². The van der Waals surface area contributed by atoms with E-state index in [-0.39, 0.29) is 0 Å². The largest absolute Gasteiger partial charge is 0.385 e. The second kappa shape index (κ2) is 6.47. The lowest BCUT2D eigenvalue weighted by atomic mass is 9.73. The molecule has 3 N–H and O–H groups in total. The highest BCUT2D eigenvalue weighted by atomic mass is 16.3. The molecular weight excluding hydrogens is 276 g/mol. The Kier molecular flexibility index (Phi) is 5.03. The Labute approximate surface area is 133 Å². The van der Waals surface area contributed by atoms with E-state index in [0.717, 1.165) is 30.5 Å². The Morgan fingerprint density at radius 3 is 2.50 bits per heavy atom. The molecule has 1 radical (unpaired) electrons. The van der Waals surface area contributed by atoms with Gasteiger partial charge in [0.1, 0.15) is 5.60 Å². The summed E-state index contributed by atoms with van der Waals surface area (Å²) in [5, 5.41) is 28.9. The van der Waals surface area contributed by atoms with Crippen LogP contribution in [0.15, 0.2) is 18.3 Å². The number of hydrogen-bond donors (Lipinski definition) is 3. The number of nitrogens with zero attached hydrogens (tertiary/aromatic N) is 1. The van der Waals surface area contributed by atoms with Gasteiger partial charge in [-0.15, -0.1) is 0 Å². The molecule has 0 amide bonds. The van der Waals surface area contributed by atoms with Crippen molar-refractivity contribution in [3.05, 3.63) is 36.0 Å². The number of aliphatic hydroxyl groups is 2. The first-order chi connectivity index (χ1) is 10.3. The molecule has 4 nitrogen and oxygen atoms in total. The van der Waals surface area contributed by atoms with E-state index in [4.69, 9.17) is 5.41 Å². The van der Waals surface area contributed by atoms with Crippen molar-refractivity contribution in [3.8, 4) is 0 Å². The van der Waals surface area contributed by atoms with Crippen LogP contribution in [-0.4, -0.2) is 20.9 Å². The molecule has 1 aliphatic carbocycles. The molecule has 121 valence electrons. The molecule has 1 aromatic heterocycles.